The van der Waals surface area contributed by atoms with Crippen LogP contribution in [0, 0.1) is 25.2 Å². The Bertz CT molecular complexity index is 1540. The van der Waals surface area contributed by atoms with E-state index >= 15 is 0 Å². The van der Waals surface area contributed by atoms with Crippen molar-refractivity contribution in [1.82, 2.24) is 14.0 Å². The van der Waals surface area contributed by atoms with Crippen molar-refractivity contribution in [3.63, 3.8) is 0 Å². The second-order valence-electron chi connectivity index (χ2n) is 7.46. The summed E-state index contributed by atoms with van der Waals surface area (Å²) < 4.78 is 8.29. The predicted octanol–water partition coefficient (Wildman–Crippen LogP) is 2.53. The number of amides is 1. The summed E-state index contributed by atoms with van der Waals surface area (Å²) in [6, 6.07) is 14.2. The molecule has 1 aromatic carbocycles. The molecule has 8 heteroatoms. The Balaban J connectivity index is 2.11. The summed E-state index contributed by atoms with van der Waals surface area (Å²) in [5, 5.41) is 10.1. The number of carbonyl (C=O) groups is 1. The monoisotopic (exact) mass is 427 g/mol. The zero-order valence-electron chi connectivity index (χ0n) is 18.0. The fourth-order valence-corrected chi connectivity index (χ4v) is 3.62. The van der Waals surface area contributed by atoms with E-state index in [1.807, 2.05) is 26.0 Å². The standard InChI is InChI=1S/C24H21N5O3/c1-15-6-4-8-17(12-15)23(30)27-21-18(14-25)13-19-22(28(21)10-11-32-3)26-20-16(2)7-5-9-29(20)24(19)31/h4-9,12-13H,10-11H2,1-3H3. The molecule has 8 nitrogen and oxygen atoms in total. The number of rotatable bonds is 4. The molecule has 3 heterocycles. The van der Waals surface area contributed by atoms with Crippen LogP contribution < -0.4 is 11.0 Å². The summed E-state index contributed by atoms with van der Waals surface area (Å²) >= 11 is 0. The number of ether oxygens (including phenoxy) is 1. The Kier molecular flexibility index (Phi) is 5.67. The van der Waals surface area contributed by atoms with Gasteiger partial charge >= 0.3 is 0 Å². The van der Waals surface area contributed by atoms with Crippen LogP contribution in [0.3, 0.4) is 0 Å². The molecule has 0 saturated heterocycles. The Hall–Kier alpha value is -4.09. The summed E-state index contributed by atoms with van der Waals surface area (Å²) in [7, 11) is 1.55. The highest BCUT2D eigenvalue weighted by Gasteiger charge is 2.16. The average Bonchev–Trinajstić information content (AvgIpc) is 2.79. The van der Waals surface area contributed by atoms with E-state index < -0.39 is 5.91 Å². The highest BCUT2D eigenvalue weighted by atomic mass is 16.5. The van der Waals surface area contributed by atoms with Crippen molar-refractivity contribution in [1.29, 1.82) is 5.26 Å². The van der Waals surface area contributed by atoms with E-state index in [2.05, 4.69) is 11.1 Å². The van der Waals surface area contributed by atoms with Crippen LogP contribution in [0.1, 0.15) is 27.0 Å². The largest absolute Gasteiger partial charge is 0.383 e. The molecule has 4 rings (SSSR count). The second kappa shape index (κ2) is 8.57. The van der Waals surface area contributed by atoms with E-state index in [0.717, 1.165) is 11.1 Å². The van der Waals surface area contributed by atoms with Gasteiger partial charge in [0, 0.05) is 25.4 Å². The fourth-order valence-electron chi connectivity index (χ4n) is 3.62. The van der Waals surface area contributed by atoms with Crippen LogP contribution in [0.15, 0.2) is 58.4 Å². The minimum absolute atomic E-state index is 0.112. The van der Waals surface area contributed by atoms with Gasteiger partial charge in [0.05, 0.1) is 17.6 Å². The van der Waals surface area contributed by atoms with Gasteiger partial charge < -0.3 is 9.30 Å². The van der Waals surface area contributed by atoms with Crippen LogP contribution in [0.25, 0.3) is 16.7 Å². The Morgan fingerprint density at radius 3 is 2.72 bits per heavy atom. The molecule has 0 unspecified atom stereocenters. The number of hydrogen-bond acceptors (Lipinski definition) is 5. The van der Waals surface area contributed by atoms with E-state index in [-0.39, 0.29) is 35.1 Å². The molecular weight excluding hydrogens is 406 g/mol. The van der Waals surface area contributed by atoms with Gasteiger partial charge in [-0.1, -0.05) is 23.8 Å². The lowest BCUT2D eigenvalue weighted by molar-refractivity contribution is 0.0996. The van der Waals surface area contributed by atoms with Gasteiger partial charge in [-0.3, -0.25) is 14.0 Å². The molecule has 0 bridgehead atoms. The fraction of sp³-hybridized carbons (Fsp3) is 0.208. The molecule has 32 heavy (non-hydrogen) atoms. The summed E-state index contributed by atoms with van der Waals surface area (Å²) in [5.41, 5.74) is 2.96. The van der Waals surface area contributed by atoms with E-state index in [1.54, 1.807) is 42.1 Å². The molecule has 0 aliphatic carbocycles. The maximum atomic E-state index is 13.2. The Morgan fingerprint density at radius 1 is 1.19 bits per heavy atom. The van der Waals surface area contributed by atoms with Gasteiger partial charge in [-0.2, -0.15) is 10.3 Å². The summed E-state index contributed by atoms with van der Waals surface area (Å²) in [4.78, 5) is 35.1. The zero-order chi connectivity index (χ0) is 22.8. The van der Waals surface area contributed by atoms with Crippen molar-refractivity contribution in [3.05, 3.63) is 86.8 Å². The summed E-state index contributed by atoms with van der Waals surface area (Å²) in [5.74, 6) is -0.482. The van der Waals surface area contributed by atoms with Crippen molar-refractivity contribution in [2.45, 2.75) is 20.4 Å². The van der Waals surface area contributed by atoms with Crippen molar-refractivity contribution in [3.8, 4) is 6.07 Å². The molecule has 0 saturated carbocycles. The van der Waals surface area contributed by atoms with Crippen molar-refractivity contribution in [2.75, 3.05) is 13.7 Å². The Labute approximate surface area is 183 Å². The van der Waals surface area contributed by atoms with Gasteiger partial charge in [0.15, 0.2) is 5.49 Å². The highest BCUT2D eigenvalue weighted by molar-refractivity contribution is 5.95. The number of pyridine rings is 2. The van der Waals surface area contributed by atoms with Crippen LogP contribution in [0.2, 0.25) is 0 Å². The van der Waals surface area contributed by atoms with Gasteiger partial charge in [0.25, 0.3) is 11.5 Å². The van der Waals surface area contributed by atoms with Crippen molar-refractivity contribution >= 4 is 22.6 Å². The third-order valence-corrected chi connectivity index (χ3v) is 5.22. The number of carbonyl (C=O) groups excluding carboxylic acids is 1. The second-order valence-corrected chi connectivity index (χ2v) is 7.46. The number of methoxy groups -OCH3 is 1. The number of aryl methyl sites for hydroxylation is 2. The maximum absolute atomic E-state index is 13.2. The molecule has 4 aromatic rings. The number of aromatic nitrogens is 3. The molecule has 0 N–H and O–H groups in total. The predicted molar refractivity (Wildman–Crippen MR) is 119 cm³/mol. The number of nitrogens with zero attached hydrogens (tertiary/aromatic N) is 5. The third kappa shape index (κ3) is 3.70. The molecule has 0 aliphatic rings. The SMILES string of the molecule is COCCn1c(=NC(=O)c2cccc(C)c2)c(C#N)cc2c(=O)n3cccc(C)c3nc21. The first-order valence-electron chi connectivity index (χ1n) is 10.0. The van der Waals surface area contributed by atoms with Gasteiger partial charge in [-0.15, -0.1) is 0 Å². The van der Waals surface area contributed by atoms with E-state index in [4.69, 9.17) is 9.72 Å². The van der Waals surface area contributed by atoms with Crippen LogP contribution >= 0.6 is 0 Å². The van der Waals surface area contributed by atoms with Gasteiger partial charge in [-0.05, 0) is 43.7 Å². The number of fused-ring (bicyclic) bond motifs is 2. The maximum Gasteiger partial charge on any atom is 0.279 e. The van der Waals surface area contributed by atoms with Crippen LogP contribution in [0.4, 0.5) is 0 Å². The first-order valence-corrected chi connectivity index (χ1v) is 10.0. The molecule has 0 aliphatic heterocycles. The summed E-state index contributed by atoms with van der Waals surface area (Å²) in [6.07, 6.45) is 1.64. The summed E-state index contributed by atoms with van der Waals surface area (Å²) in [6.45, 7) is 4.29. The third-order valence-electron chi connectivity index (χ3n) is 5.22. The minimum Gasteiger partial charge on any atom is -0.383 e. The first kappa shape index (κ1) is 21.2. The van der Waals surface area contributed by atoms with Crippen LogP contribution in [-0.4, -0.2) is 33.6 Å². The van der Waals surface area contributed by atoms with Gasteiger partial charge in [0.1, 0.15) is 17.4 Å². The lowest BCUT2D eigenvalue weighted by Crippen LogP contribution is -2.30. The topological polar surface area (TPSA) is 102 Å². The average molecular weight is 427 g/mol. The van der Waals surface area contributed by atoms with Gasteiger partial charge in [-0.25, -0.2) is 4.98 Å². The van der Waals surface area contributed by atoms with Crippen LogP contribution in [0.5, 0.6) is 0 Å². The van der Waals surface area contributed by atoms with Gasteiger partial charge in [0.2, 0.25) is 0 Å². The van der Waals surface area contributed by atoms with Crippen molar-refractivity contribution in [2.24, 2.45) is 4.99 Å². The molecule has 0 fully saturated rings. The van der Waals surface area contributed by atoms with Crippen LogP contribution in [-0.2, 0) is 11.3 Å². The number of nitriles is 1. The zero-order valence-corrected chi connectivity index (χ0v) is 18.0. The normalized spacial score (nSPS) is 11.8. The molecule has 0 radical (unpaired) electrons. The lowest BCUT2D eigenvalue weighted by atomic mass is 10.1. The molecule has 1 amide bonds. The van der Waals surface area contributed by atoms with E-state index in [1.165, 1.54) is 10.5 Å². The molecule has 160 valence electrons. The van der Waals surface area contributed by atoms with E-state index in [0.29, 0.717) is 16.9 Å². The quantitative estimate of drug-likeness (QED) is 0.466. The highest BCUT2D eigenvalue weighted by Crippen LogP contribution is 2.13. The first-order chi connectivity index (χ1) is 15.4. The minimum atomic E-state index is -0.482. The molecule has 0 spiro atoms. The smallest absolute Gasteiger partial charge is 0.279 e. The number of benzene rings is 1. The molecule has 3 aromatic heterocycles. The lowest BCUT2D eigenvalue weighted by Gasteiger charge is -2.13. The number of hydrogen-bond donors (Lipinski definition) is 0. The van der Waals surface area contributed by atoms with E-state index in [9.17, 15) is 14.9 Å². The van der Waals surface area contributed by atoms with Crippen molar-refractivity contribution < 1.29 is 9.53 Å². The molecule has 0 atom stereocenters. The Morgan fingerprint density at radius 2 is 2.00 bits per heavy atom. The molecular formula is C24H21N5O3.